The van der Waals surface area contributed by atoms with Gasteiger partial charge in [0.25, 0.3) is 0 Å². The van der Waals surface area contributed by atoms with E-state index >= 15 is 0 Å². The van der Waals surface area contributed by atoms with Crippen LogP contribution in [0.5, 0.6) is 0 Å². The van der Waals surface area contributed by atoms with Crippen LogP contribution in [0, 0.1) is 0 Å². The van der Waals surface area contributed by atoms with Crippen molar-refractivity contribution >= 4 is 0 Å². The van der Waals surface area contributed by atoms with E-state index in [1.165, 1.54) is 45.2 Å². The van der Waals surface area contributed by atoms with Gasteiger partial charge in [0.15, 0.2) is 0 Å². The number of nitrogens with zero attached hydrogens (tertiary/aromatic N) is 1. The summed E-state index contributed by atoms with van der Waals surface area (Å²) in [5, 5.41) is 3.60. The number of hydrogen-bond acceptors (Lipinski definition) is 3. The molecular formula is C12H22N2O. The Morgan fingerprint density at radius 3 is 3.00 bits per heavy atom. The fourth-order valence-electron chi connectivity index (χ4n) is 2.98. The lowest BCUT2D eigenvalue weighted by molar-refractivity contribution is -0.0548. The van der Waals surface area contributed by atoms with Crippen molar-refractivity contribution in [2.45, 2.75) is 50.3 Å². The number of fused-ring (bicyclic) bond motifs is 1. The zero-order chi connectivity index (χ0) is 10.1. The van der Waals surface area contributed by atoms with Gasteiger partial charge in [0, 0.05) is 31.7 Å². The first-order valence-corrected chi connectivity index (χ1v) is 6.52. The minimum absolute atomic E-state index is 0.555. The zero-order valence-corrected chi connectivity index (χ0v) is 9.45. The monoisotopic (exact) mass is 210 g/mol. The van der Waals surface area contributed by atoms with Crippen molar-refractivity contribution < 1.29 is 4.74 Å². The minimum Gasteiger partial charge on any atom is -0.375 e. The molecule has 2 saturated carbocycles. The van der Waals surface area contributed by atoms with Crippen LogP contribution >= 0.6 is 0 Å². The Kier molecular flexibility index (Phi) is 2.95. The van der Waals surface area contributed by atoms with E-state index in [4.69, 9.17) is 4.74 Å². The third-order valence-electron chi connectivity index (χ3n) is 4.01. The van der Waals surface area contributed by atoms with E-state index in [0.29, 0.717) is 6.10 Å². The summed E-state index contributed by atoms with van der Waals surface area (Å²) in [6, 6.07) is 1.59. The van der Waals surface area contributed by atoms with Crippen LogP contribution in [0.15, 0.2) is 0 Å². The highest BCUT2D eigenvalue weighted by Gasteiger charge is 2.35. The summed E-state index contributed by atoms with van der Waals surface area (Å²) in [6.07, 6.45) is 7.36. The second-order valence-corrected chi connectivity index (χ2v) is 5.17. The molecule has 0 aromatic rings. The fraction of sp³-hybridized carbons (Fsp3) is 1.00. The molecule has 2 aliphatic carbocycles. The van der Waals surface area contributed by atoms with Crippen molar-refractivity contribution in [3.05, 3.63) is 0 Å². The molecule has 0 bridgehead atoms. The van der Waals surface area contributed by atoms with E-state index < -0.39 is 0 Å². The van der Waals surface area contributed by atoms with Gasteiger partial charge in [-0.2, -0.15) is 0 Å². The molecule has 1 heterocycles. The highest BCUT2D eigenvalue weighted by molar-refractivity contribution is 4.90. The van der Waals surface area contributed by atoms with Crippen molar-refractivity contribution in [3.63, 3.8) is 0 Å². The predicted molar refractivity (Wildman–Crippen MR) is 60.0 cm³/mol. The lowest BCUT2D eigenvalue weighted by atomic mass is 10.1. The molecule has 1 saturated heterocycles. The maximum atomic E-state index is 5.81. The molecule has 3 nitrogen and oxygen atoms in total. The highest BCUT2D eigenvalue weighted by atomic mass is 16.5. The Labute approximate surface area is 92.2 Å². The van der Waals surface area contributed by atoms with Crippen LogP contribution < -0.4 is 5.32 Å². The van der Waals surface area contributed by atoms with Gasteiger partial charge in [0.2, 0.25) is 0 Å². The van der Waals surface area contributed by atoms with Gasteiger partial charge < -0.3 is 10.1 Å². The first-order chi connectivity index (χ1) is 7.43. The molecule has 2 atom stereocenters. The molecule has 1 aliphatic heterocycles. The highest BCUT2D eigenvalue weighted by Crippen LogP contribution is 2.29. The third-order valence-corrected chi connectivity index (χ3v) is 4.01. The van der Waals surface area contributed by atoms with Crippen LogP contribution in [0.1, 0.15) is 32.1 Å². The molecular weight excluding hydrogens is 188 g/mol. The van der Waals surface area contributed by atoms with Crippen molar-refractivity contribution in [1.29, 1.82) is 0 Å². The van der Waals surface area contributed by atoms with Gasteiger partial charge in [0.05, 0.1) is 12.7 Å². The van der Waals surface area contributed by atoms with Gasteiger partial charge in [-0.25, -0.2) is 0 Å². The van der Waals surface area contributed by atoms with Crippen molar-refractivity contribution in [2.24, 2.45) is 0 Å². The quantitative estimate of drug-likeness (QED) is 0.749. The Morgan fingerprint density at radius 2 is 2.13 bits per heavy atom. The van der Waals surface area contributed by atoms with Gasteiger partial charge in [-0.1, -0.05) is 0 Å². The maximum absolute atomic E-state index is 5.81. The van der Waals surface area contributed by atoms with Crippen LogP contribution in [-0.4, -0.2) is 49.3 Å². The summed E-state index contributed by atoms with van der Waals surface area (Å²) in [5.41, 5.74) is 0. The second-order valence-electron chi connectivity index (χ2n) is 5.17. The Bertz CT molecular complexity index is 218. The molecule has 3 heteroatoms. The minimum atomic E-state index is 0.555. The summed E-state index contributed by atoms with van der Waals surface area (Å²) in [6.45, 7) is 4.49. The Morgan fingerprint density at radius 1 is 1.20 bits per heavy atom. The Hall–Kier alpha value is -0.120. The molecule has 0 amide bonds. The molecule has 3 aliphatic rings. The van der Waals surface area contributed by atoms with E-state index in [1.54, 1.807) is 0 Å². The normalized spacial score (nSPS) is 36.8. The van der Waals surface area contributed by atoms with E-state index in [1.807, 2.05) is 0 Å². The second kappa shape index (κ2) is 4.40. The van der Waals surface area contributed by atoms with Gasteiger partial charge in [0.1, 0.15) is 0 Å². The summed E-state index contributed by atoms with van der Waals surface area (Å²) in [4.78, 5) is 2.65. The standard InChI is InChI=1S/C12H22N2O/c1-2-11-12(3-1)15-9-8-14(11)7-6-13-10-4-5-10/h10-13H,1-9H2. The van der Waals surface area contributed by atoms with Crippen LogP contribution in [0.2, 0.25) is 0 Å². The number of morpholine rings is 1. The van der Waals surface area contributed by atoms with E-state index in [-0.39, 0.29) is 0 Å². The topological polar surface area (TPSA) is 24.5 Å². The Balaban J connectivity index is 1.46. The number of nitrogens with one attached hydrogen (secondary N) is 1. The van der Waals surface area contributed by atoms with E-state index in [9.17, 15) is 0 Å². The van der Waals surface area contributed by atoms with Gasteiger partial charge in [-0.05, 0) is 32.1 Å². The molecule has 0 spiro atoms. The third kappa shape index (κ3) is 2.35. The van der Waals surface area contributed by atoms with E-state index in [2.05, 4.69) is 10.2 Å². The van der Waals surface area contributed by atoms with Crippen molar-refractivity contribution in [3.8, 4) is 0 Å². The fourth-order valence-corrected chi connectivity index (χ4v) is 2.98. The smallest absolute Gasteiger partial charge is 0.0730 e. The average molecular weight is 210 g/mol. The first-order valence-electron chi connectivity index (χ1n) is 6.52. The lowest BCUT2D eigenvalue weighted by Gasteiger charge is -2.37. The summed E-state index contributed by atoms with van der Waals surface area (Å²) in [5.74, 6) is 0. The van der Waals surface area contributed by atoms with Gasteiger partial charge in [-0.3, -0.25) is 4.90 Å². The molecule has 1 N–H and O–H groups in total. The lowest BCUT2D eigenvalue weighted by Crippen LogP contribution is -2.50. The van der Waals surface area contributed by atoms with Crippen molar-refractivity contribution in [2.75, 3.05) is 26.2 Å². The molecule has 15 heavy (non-hydrogen) atoms. The van der Waals surface area contributed by atoms with Gasteiger partial charge in [-0.15, -0.1) is 0 Å². The average Bonchev–Trinajstić information content (AvgIpc) is 2.95. The van der Waals surface area contributed by atoms with Crippen molar-refractivity contribution in [1.82, 2.24) is 10.2 Å². The largest absolute Gasteiger partial charge is 0.375 e. The molecule has 3 rings (SSSR count). The van der Waals surface area contributed by atoms with Crippen LogP contribution in [0.4, 0.5) is 0 Å². The zero-order valence-electron chi connectivity index (χ0n) is 9.45. The molecule has 2 unspecified atom stereocenters. The number of rotatable bonds is 4. The summed E-state index contributed by atoms with van der Waals surface area (Å²) >= 11 is 0. The number of hydrogen-bond donors (Lipinski definition) is 1. The summed E-state index contributed by atoms with van der Waals surface area (Å²) < 4.78 is 5.81. The van der Waals surface area contributed by atoms with E-state index in [0.717, 1.165) is 25.2 Å². The molecule has 86 valence electrons. The van der Waals surface area contributed by atoms with Crippen LogP contribution in [-0.2, 0) is 4.74 Å². The molecule has 3 fully saturated rings. The van der Waals surface area contributed by atoms with Gasteiger partial charge >= 0.3 is 0 Å². The first kappa shape index (κ1) is 10.1. The molecule has 0 aromatic heterocycles. The van der Waals surface area contributed by atoms with Crippen LogP contribution in [0.3, 0.4) is 0 Å². The summed E-state index contributed by atoms with van der Waals surface area (Å²) in [7, 11) is 0. The SMILES string of the molecule is C1CC2OCCN(CCNC3CC3)C2C1. The molecule has 0 radical (unpaired) electrons. The van der Waals surface area contributed by atoms with Crippen LogP contribution in [0.25, 0.3) is 0 Å². The number of ether oxygens (including phenoxy) is 1. The maximum Gasteiger partial charge on any atom is 0.0730 e. The molecule has 0 aromatic carbocycles. The predicted octanol–water partition coefficient (Wildman–Crippen LogP) is 0.992.